The lowest BCUT2D eigenvalue weighted by atomic mass is 9.87. The summed E-state index contributed by atoms with van der Waals surface area (Å²) in [5.41, 5.74) is 2.41. The molecule has 1 aromatic heterocycles. The topological polar surface area (TPSA) is 82.5 Å². The van der Waals surface area contributed by atoms with Gasteiger partial charge < -0.3 is 15.3 Å². The minimum absolute atomic E-state index is 0.00953. The first-order valence-electron chi connectivity index (χ1n) is 9.42. The van der Waals surface area contributed by atoms with Crippen molar-refractivity contribution in [1.82, 2.24) is 4.98 Å². The number of carbonyl (C=O) groups is 2. The number of amides is 1. The van der Waals surface area contributed by atoms with E-state index in [4.69, 9.17) is 0 Å². The number of phenols is 1. The Morgan fingerprint density at radius 2 is 2.00 bits per heavy atom. The van der Waals surface area contributed by atoms with E-state index in [1.807, 2.05) is 18.2 Å². The number of aromatic nitrogens is 1. The van der Waals surface area contributed by atoms with Gasteiger partial charge in [0, 0.05) is 23.2 Å². The summed E-state index contributed by atoms with van der Waals surface area (Å²) in [6.07, 6.45) is 1.82. The van der Waals surface area contributed by atoms with Crippen molar-refractivity contribution in [2.45, 2.75) is 19.3 Å². The van der Waals surface area contributed by atoms with Gasteiger partial charge in [0.15, 0.2) is 17.9 Å². The quantitative estimate of drug-likeness (QED) is 0.628. The number of benzene rings is 2. The first-order valence-corrected chi connectivity index (χ1v) is 9.42. The summed E-state index contributed by atoms with van der Waals surface area (Å²) in [6.45, 7) is 5.15. The number of aldehydes is 1. The van der Waals surface area contributed by atoms with Crippen LogP contribution in [0.1, 0.15) is 40.1 Å². The highest BCUT2D eigenvalue weighted by Gasteiger charge is 2.35. The third-order valence-electron chi connectivity index (χ3n) is 5.24. The number of aromatic hydroxyl groups is 1. The largest absolute Gasteiger partial charge is 0.504 e. The van der Waals surface area contributed by atoms with Crippen molar-refractivity contribution in [3.63, 3.8) is 0 Å². The first-order chi connectivity index (χ1) is 14.3. The first kappa shape index (κ1) is 19.6. The van der Waals surface area contributed by atoms with Crippen LogP contribution in [-0.2, 0) is 5.41 Å². The van der Waals surface area contributed by atoms with Crippen molar-refractivity contribution >= 4 is 29.4 Å². The van der Waals surface area contributed by atoms with Crippen molar-refractivity contribution in [2.75, 3.05) is 16.8 Å². The van der Waals surface area contributed by atoms with Crippen LogP contribution in [-0.4, -0.2) is 28.8 Å². The van der Waals surface area contributed by atoms with Gasteiger partial charge in [0.05, 0.1) is 17.4 Å². The van der Waals surface area contributed by atoms with Crippen LogP contribution in [0.5, 0.6) is 5.75 Å². The van der Waals surface area contributed by atoms with E-state index in [2.05, 4.69) is 41.2 Å². The summed E-state index contributed by atoms with van der Waals surface area (Å²) in [5, 5.41) is 12.1. The van der Waals surface area contributed by atoms with Gasteiger partial charge in [-0.25, -0.2) is 9.37 Å². The number of nitrogens with one attached hydrogen (secondary N) is 1. The van der Waals surface area contributed by atoms with Crippen molar-refractivity contribution in [1.29, 1.82) is 0 Å². The SMILES string of the molecule is CC1(C)CN(c2ccc(NC(=O)c3cc(F)c(O)c(C=O)c3)cn2)c2ccccc21. The van der Waals surface area contributed by atoms with Crippen molar-refractivity contribution in [2.24, 2.45) is 0 Å². The lowest BCUT2D eigenvalue weighted by molar-refractivity contribution is 0.102. The molecular weight excluding hydrogens is 385 g/mol. The Labute approximate surface area is 173 Å². The lowest BCUT2D eigenvalue weighted by Gasteiger charge is -2.21. The van der Waals surface area contributed by atoms with E-state index in [1.165, 1.54) is 11.8 Å². The fraction of sp³-hybridized carbons (Fsp3) is 0.174. The van der Waals surface area contributed by atoms with Crippen LogP contribution in [0.4, 0.5) is 21.6 Å². The van der Waals surface area contributed by atoms with Crippen LogP contribution in [0, 0.1) is 5.82 Å². The number of carbonyl (C=O) groups excluding carboxylic acids is 2. The lowest BCUT2D eigenvalue weighted by Crippen LogP contribution is -2.25. The van der Waals surface area contributed by atoms with Crippen LogP contribution < -0.4 is 10.2 Å². The number of halogens is 1. The number of hydrogen-bond acceptors (Lipinski definition) is 5. The summed E-state index contributed by atoms with van der Waals surface area (Å²) in [6, 6.07) is 13.7. The molecule has 0 spiro atoms. The second-order valence-electron chi connectivity index (χ2n) is 7.86. The zero-order valence-corrected chi connectivity index (χ0v) is 16.5. The summed E-state index contributed by atoms with van der Waals surface area (Å²) in [7, 11) is 0. The Morgan fingerprint density at radius 1 is 1.23 bits per heavy atom. The van der Waals surface area contributed by atoms with E-state index < -0.39 is 17.5 Å². The summed E-state index contributed by atoms with van der Waals surface area (Å²) >= 11 is 0. The van der Waals surface area contributed by atoms with Crippen LogP contribution in [0.3, 0.4) is 0 Å². The molecule has 2 heterocycles. The van der Waals surface area contributed by atoms with Gasteiger partial charge in [-0.3, -0.25) is 9.59 Å². The zero-order chi connectivity index (χ0) is 21.5. The zero-order valence-electron chi connectivity index (χ0n) is 16.5. The second-order valence-corrected chi connectivity index (χ2v) is 7.86. The highest BCUT2D eigenvalue weighted by Crippen LogP contribution is 2.43. The van der Waals surface area contributed by atoms with E-state index >= 15 is 0 Å². The van der Waals surface area contributed by atoms with Crippen LogP contribution in [0.15, 0.2) is 54.7 Å². The second kappa shape index (κ2) is 7.26. The molecule has 0 fully saturated rings. The summed E-state index contributed by atoms with van der Waals surface area (Å²) in [4.78, 5) is 30.0. The molecule has 2 N–H and O–H groups in total. The molecule has 0 saturated carbocycles. The predicted octanol–water partition coefficient (Wildman–Crippen LogP) is 4.42. The van der Waals surface area contributed by atoms with Crippen molar-refractivity contribution in [3.05, 3.63) is 77.2 Å². The Balaban J connectivity index is 1.55. The third kappa shape index (κ3) is 3.39. The number of hydrogen-bond donors (Lipinski definition) is 2. The van der Waals surface area contributed by atoms with Gasteiger partial charge in [0.2, 0.25) is 0 Å². The molecule has 30 heavy (non-hydrogen) atoms. The average Bonchev–Trinajstić information content (AvgIpc) is 3.01. The Hall–Kier alpha value is -3.74. The van der Waals surface area contributed by atoms with Crippen LogP contribution in [0.25, 0.3) is 0 Å². The molecule has 2 aromatic carbocycles. The van der Waals surface area contributed by atoms with E-state index in [0.717, 1.165) is 30.2 Å². The fourth-order valence-electron chi connectivity index (χ4n) is 3.72. The number of pyridine rings is 1. The molecule has 1 aliphatic rings. The fourth-order valence-corrected chi connectivity index (χ4v) is 3.72. The minimum Gasteiger partial charge on any atom is -0.504 e. The van der Waals surface area contributed by atoms with E-state index in [-0.39, 0.29) is 16.5 Å². The monoisotopic (exact) mass is 405 g/mol. The standard InChI is InChI=1S/C23H20FN3O3/c1-23(2)13-27(19-6-4-3-5-17(19)23)20-8-7-16(11-25-20)26-22(30)14-9-15(12-28)21(29)18(24)10-14/h3-12,29H,13H2,1-2H3,(H,26,30). The molecule has 7 heteroatoms. The summed E-state index contributed by atoms with van der Waals surface area (Å²) in [5.74, 6) is -1.67. The number of phenolic OH excluding ortho intramolecular Hbond substituents is 1. The van der Waals surface area contributed by atoms with Gasteiger partial charge >= 0.3 is 0 Å². The van der Waals surface area contributed by atoms with Crippen molar-refractivity contribution < 1.29 is 19.1 Å². The highest BCUT2D eigenvalue weighted by atomic mass is 19.1. The molecule has 0 unspecified atom stereocenters. The normalized spacial score (nSPS) is 14.3. The minimum atomic E-state index is -1.03. The molecule has 0 bridgehead atoms. The molecule has 152 valence electrons. The van der Waals surface area contributed by atoms with Gasteiger partial charge in [-0.2, -0.15) is 0 Å². The smallest absolute Gasteiger partial charge is 0.255 e. The van der Waals surface area contributed by atoms with Crippen LogP contribution >= 0.6 is 0 Å². The van der Waals surface area contributed by atoms with Gasteiger partial charge in [0.1, 0.15) is 5.82 Å². The van der Waals surface area contributed by atoms with Gasteiger partial charge in [0.25, 0.3) is 5.91 Å². The number of nitrogens with zero attached hydrogens (tertiary/aromatic N) is 2. The van der Waals surface area contributed by atoms with Crippen molar-refractivity contribution in [3.8, 4) is 5.75 Å². The molecule has 0 saturated heterocycles. The molecule has 0 atom stereocenters. The third-order valence-corrected chi connectivity index (χ3v) is 5.24. The van der Waals surface area contributed by atoms with Gasteiger partial charge in [-0.1, -0.05) is 32.0 Å². The molecule has 0 radical (unpaired) electrons. The Bertz CT molecular complexity index is 1140. The maximum atomic E-state index is 13.7. The maximum Gasteiger partial charge on any atom is 0.255 e. The molecule has 6 nitrogen and oxygen atoms in total. The number of para-hydroxylation sites is 1. The predicted molar refractivity (Wildman–Crippen MR) is 112 cm³/mol. The number of anilines is 3. The summed E-state index contributed by atoms with van der Waals surface area (Å²) < 4.78 is 13.7. The molecule has 3 aromatic rings. The molecule has 1 aliphatic heterocycles. The molecular formula is C23H20FN3O3. The maximum absolute atomic E-state index is 13.7. The number of rotatable bonds is 4. The van der Waals surface area contributed by atoms with Crippen LogP contribution in [0.2, 0.25) is 0 Å². The van der Waals surface area contributed by atoms with Gasteiger partial charge in [-0.15, -0.1) is 0 Å². The Morgan fingerprint density at radius 3 is 2.70 bits per heavy atom. The number of fused-ring (bicyclic) bond motifs is 1. The average molecular weight is 405 g/mol. The molecule has 1 amide bonds. The van der Waals surface area contributed by atoms with E-state index in [0.29, 0.717) is 12.0 Å². The van der Waals surface area contributed by atoms with Gasteiger partial charge in [-0.05, 0) is 35.9 Å². The van der Waals surface area contributed by atoms with E-state index in [9.17, 15) is 19.1 Å². The molecule has 4 rings (SSSR count). The Kier molecular flexibility index (Phi) is 4.73. The molecule has 0 aliphatic carbocycles. The highest BCUT2D eigenvalue weighted by molar-refractivity contribution is 6.05. The van der Waals surface area contributed by atoms with E-state index in [1.54, 1.807) is 6.07 Å².